The van der Waals surface area contributed by atoms with Crippen LogP contribution in [0, 0.1) is 0 Å². The molecule has 2 N–H and O–H groups in total. The van der Waals surface area contributed by atoms with Gasteiger partial charge in [-0.25, -0.2) is 5.43 Å². The molecule has 0 aromatic heterocycles. The highest BCUT2D eigenvalue weighted by Gasteiger charge is 2.13. The number of carbonyl (C=O) groups excluding carboxylic acids is 1. The Morgan fingerprint density at radius 1 is 1.22 bits per heavy atom. The van der Waals surface area contributed by atoms with Crippen LogP contribution in [0.1, 0.15) is 12.5 Å². The highest BCUT2D eigenvalue weighted by Crippen LogP contribution is 2.23. The largest absolute Gasteiger partial charge is 0.495 e. The minimum absolute atomic E-state index is 0.249. The van der Waals surface area contributed by atoms with E-state index in [-0.39, 0.29) is 5.91 Å². The van der Waals surface area contributed by atoms with Crippen molar-refractivity contribution in [1.29, 1.82) is 0 Å². The van der Waals surface area contributed by atoms with E-state index in [0.717, 1.165) is 11.3 Å². The first-order valence-corrected chi connectivity index (χ1v) is 7.46. The van der Waals surface area contributed by atoms with Gasteiger partial charge in [0.1, 0.15) is 11.8 Å². The molecule has 0 heterocycles. The van der Waals surface area contributed by atoms with E-state index in [2.05, 4.69) is 15.8 Å². The van der Waals surface area contributed by atoms with Gasteiger partial charge in [0, 0.05) is 5.02 Å². The summed E-state index contributed by atoms with van der Waals surface area (Å²) in [5.74, 6) is 0.429. The Morgan fingerprint density at radius 2 is 1.91 bits per heavy atom. The lowest BCUT2D eigenvalue weighted by Crippen LogP contribution is -2.35. The summed E-state index contributed by atoms with van der Waals surface area (Å²) in [5, 5.41) is 7.68. The van der Waals surface area contributed by atoms with Crippen molar-refractivity contribution in [2.45, 2.75) is 13.0 Å². The molecule has 1 unspecified atom stereocenters. The fourth-order valence-corrected chi connectivity index (χ4v) is 2.00. The third-order valence-electron chi connectivity index (χ3n) is 3.13. The minimum Gasteiger partial charge on any atom is -0.495 e. The molecule has 2 aromatic carbocycles. The van der Waals surface area contributed by atoms with E-state index in [1.807, 2.05) is 36.4 Å². The third-order valence-corrected chi connectivity index (χ3v) is 3.38. The fraction of sp³-hybridized carbons (Fsp3) is 0.176. The topological polar surface area (TPSA) is 62.7 Å². The van der Waals surface area contributed by atoms with E-state index in [9.17, 15) is 4.79 Å². The van der Waals surface area contributed by atoms with Gasteiger partial charge in [0.05, 0.1) is 19.0 Å². The molecule has 120 valence electrons. The van der Waals surface area contributed by atoms with Crippen LogP contribution in [0.2, 0.25) is 5.02 Å². The lowest BCUT2D eigenvalue weighted by molar-refractivity contribution is -0.121. The molecule has 0 aliphatic heterocycles. The van der Waals surface area contributed by atoms with Crippen LogP contribution in [-0.2, 0) is 4.79 Å². The number of halogens is 1. The SMILES string of the molecule is COc1ccccc1NC(C)C(=O)N/N=C/c1ccc(Cl)cc1. The Balaban J connectivity index is 1.91. The van der Waals surface area contributed by atoms with Crippen LogP contribution in [0.5, 0.6) is 5.75 Å². The number of amides is 1. The Kier molecular flexibility index (Phi) is 6.00. The van der Waals surface area contributed by atoms with E-state index < -0.39 is 6.04 Å². The van der Waals surface area contributed by atoms with Gasteiger partial charge in [-0.1, -0.05) is 35.9 Å². The van der Waals surface area contributed by atoms with E-state index in [1.54, 1.807) is 32.4 Å². The number of carbonyl (C=O) groups is 1. The summed E-state index contributed by atoms with van der Waals surface area (Å²) >= 11 is 5.81. The van der Waals surface area contributed by atoms with Crippen molar-refractivity contribution in [2.75, 3.05) is 12.4 Å². The number of nitrogens with one attached hydrogen (secondary N) is 2. The zero-order valence-corrected chi connectivity index (χ0v) is 13.7. The van der Waals surface area contributed by atoms with Gasteiger partial charge in [-0.2, -0.15) is 5.10 Å². The summed E-state index contributed by atoms with van der Waals surface area (Å²) in [6.45, 7) is 1.75. The van der Waals surface area contributed by atoms with Gasteiger partial charge in [-0.05, 0) is 36.8 Å². The van der Waals surface area contributed by atoms with Crippen molar-refractivity contribution in [3.63, 3.8) is 0 Å². The first-order valence-electron chi connectivity index (χ1n) is 7.08. The van der Waals surface area contributed by atoms with Gasteiger partial charge in [0.2, 0.25) is 0 Å². The molecule has 0 bridgehead atoms. The first-order chi connectivity index (χ1) is 11.1. The number of hydrazone groups is 1. The Hall–Kier alpha value is -2.53. The lowest BCUT2D eigenvalue weighted by Gasteiger charge is -2.15. The molecule has 6 heteroatoms. The van der Waals surface area contributed by atoms with E-state index >= 15 is 0 Å². The zero-order chi connectivity index (χ0) is 16.7. The number of hydrogen-bond acceptors (Lipinski definition) is 4. The number of rotatable bonds is 6. The van der Waals surface area contributed by atoms with E-state index in [0.29, 0.717) is 10.8 Å². The van der Waals surface area contributed by atoms with Crippen LogP contribution in [0.15, 0.2) is 53.6 Å². The molecule has 2 rings (SSSR count). The molecule has 0 saturated heterocycles. The lowest BCUT2D eigenvalue weighted by atomic mass is 10.2. The van der Waals surface area contributed by atoms with Crippen molar-refractivity contribution in [3.05, 3.63) is 59.1 Å². The van der Waals surface area contributed by atoms with E-state index in [1.165, 1.54) is 0 Å². The standard InChI is InChI=1S/C17H18ClN3O2/c1-12(20-15-5-3-4-6-16(15)23-2)17(22)21-19-11-13-7-9-14(18)10-8-13/h3-12,20H,1-2H3,(H,21,22)/b19-11+. The van der Waals surface area contributed by atoms with Gasteiger partial charge in [-0.3, -0.25) is 4.79 Å². The summed E-state index contributed by atoms with van der Waals surface area (Å²) in [6.07, 6.45) is 1.56. The molecule has 0 spiro atoms. The number of nitrogens with zero attached hydrogens (tertiary/aromatic N) is 1. The normalized spacial score (nSPS) is 12.0. The highest BCUT2D eigenvalue weighted by molar-refractivity contribution is 6.30. The Labute approximate surface area is 140 Å². The molecule has 0 fully saturated rings. The van der Waals surface area contributed by atoms with Crippen LogP contribution in [0.25, 0.3) is 0 Å². The number of benzene rings is 2. The molecule has 2 aromatic rings. The third kappa shape index (κ3) is 5.00. The van der Waals surface area contributed by atoms with Crippen LogP contribution >= 0.6 is 11.6 Å². The van der Waals surface area contributed by atoms with Crippen LogP contribution in [0.4, 0.5) is 5.69 Å². The van der Waals surface area contributed by atoms with Gasteiger partial charge in [0.15, 0.2) is 0 Å². The molecular formula is C17H18ClN3O2. The quantitative estimate of drug-likeness (QED) is 0.630. The summed E-state index contributed by atoms with van der Waals surface area (Å²) in [4.78, 5) is 12.0. The second-order valence-electron chi connectivity index (χ2n) is 4.85. The van der Waals surface area contributed by atoms with Gasteiger partial charge in [0.25, 0.3) is 5.91 Å². The Morgan fingerprint density at radius 3 is 2.61 bits per heavy atom. The second-order valence-corrected chi connectivity index (χ2v) is 5.29. The van der Waals surface area contributed by atoms with Crippen LogP contribution in [-0.4, -0.2) is 25.3 Å². The summed E-state index contributed by atoms with van der Waals surface area (Å²) < 4.78 is 5.24. The van der Waals surface area contributed by atoms with Gasteiger partial charge < -0.3 is 10.1 Å². The predicted octanol–water partition coefficient (Wildman–Crippen LogP) is 3.30. The molecule has 23 heavy (non-hydrogen) atoms. The molecule has 0 aliphatic rings. The first kappa shape index (κ1) is 16.8. The average molecular weight is 332 g/mol. The summed E-state index contributed by atoms with van der Waals surface area (Å²) in [7, 11) is 1.58. The van der Waals surface area contributed by atoms with Crippen molar-refractivity contribution >= 4 is 29.4 Å². The highest BCUT2D eigenvalue weighted by atomic mass is 35.5. The summed E-state index contributed by atoms with van der Waals surface area (Å²) in [6, 6.07) is 14.1. The molecule has 1 amide bonds. The Bertz CT molecular complexity index is 686. The second kappa shape index (κ2) is 8.19. The molecule has 1 atom stereocenters. The predicted molar refractivity (Wildman–Crippen MR) is 93.3 cm³/mol. The maximum Gasteiger partial charge on any atom is 0.262 e. The van der Waals surface area contributed by atoms with Crippen molar-refractivity contribution in [3.8, 4) is 5.75 Å². The van der Waals surface area contributed by atoms with E-state index in [4.69, 9.17) is 16.3 Å². The molecule has 5 nitrogen and oxygen atoms in total. The molecular weight excluding hydrogens is 314 g/mol. The monoisotopic (exact) mass is 331 g/mol. The number of methoxy groups -OCH3 is 1. The van der Waals surface area contributed by atoms with Crippen molar-refractivity contribution < 1.29 is 9.53 Å². The molecule has 0 radical (unpaired) electrons. The van der Waals surface area contributed by atoms with Crippen molar-refractivity contribution in [2.24, 2.45) is 5.10 Å². The zero-order valence-electron chi connectivity index (χ0n) is 12.9. The number of ether oxygens (including phenoxy) is 1. The molecule has 0 aliphatic carbocycles. The van der Waals surface area contributed by atoms with Crippen LogP contribution in [0.3, 0.4) is 0 Å². The van der Waals surface area contributed by atoms with Crippen molar-refractivity contribution in [1.82, 2.24) is 5.43 Å². The average Bonchev–Trinajstić information content (AvgIpc) is 2.57. The smallest absolute Gasteiger partial charge is 0.262 e. The van der Waals surface area contributed by atoms with Gasteiger partial charge >= 0.3 is 0 Å². The molecule has 0 saturated carbocycles. The maximum atomic E-state index is 12.0. The maximum absolute atomic E-state index is 12.0. The minimum atomic E-state index is -0.464. The van der Waals surface area contributed by atoms with Gasteiger partial charge in [-0.15, -0.1) is 0 Å². The number of para-hydroxylation sites is 2. The fourth-order valence-electron chi connectivity index (χ4n) is 1.88. The van der Waals surface area contributed by atoms with Crippen LogP contribution < -0.4 is 15.5 Å². The number of hydrogen-bond donors (Lipinski definition) is 2. The number of anilines is 1. The summed E-state index contributed by atoms with van der Waals surface area (Å²) in [5.41, 5.74) is 4.09.